The van der Waals surface area contributed by atoms with Crippen molar-refractivity contribution in [2.45, 2.75) is 19.3 Å². The molecular weight excluding hydrogens is 354 g/mol. The van der Waals surface area contributed by atoms with Gasteiger partial charge in [0.15, 0.2) is 0 Å². The second-order valence-electron chi connectivity index (χ2n) is 5.96. The van der Waals surface area contributed by atoms with Gasteiger partial charge in [0.2, 0.25) is 5.91 Å². The summed E-state index contributed by atoms with van der Waals surface area (Å²) in [5.41, 5.74) is 6.26. The van der Waals surface area contributed by atoms with Crippen LogP contribution in [0.2, 0.25) is 5.02 Å². The highest BCUT2D eigenvalue weighted by molar-refractivity contribution is 6.30. The molecule has 0 bridgehead atoms. The molecule has 2 aromatic rings. The number of halogens is 1. The fourth-order valence-electron chi connectivity index (χ4n) is 2.73. The summed E-state index contributed by atoms with van der Waals surface area (Å²) in [5.74, 6) is -0.780. The Morgan fingerprint density at radius 1 is 0.846 bits per heavy atom. The molecule has 2 N–H and O–H groups in total. The van der Waals surface area contributed by atoms with Gasteiger partial charge in [0.25, 0.3) is 11.8 Å². The van der Waals surface area contributed by atoms with E-state index in [-0.39, 0.29) is 5.91 Å². The van der Waals surface area contributed by atoms with Crippen LogP contribution >= 0.6 is 11.6 Å². The van der Waals surface area contributed by atoms with Crippen LogP contribution in [-0.2, 0) is 4.79 Å². The summed E-state index contributed by atoms with van der Waals surface area (Å²) in [4.78, 5) is 37.8. The topological polar surface area (TPSA) is 78.5 Å². The number of hydrogen-bond acceptors (Lipinski definition) is 3. The first-order valence-electron chi connectivity index (χ1n) is 8.31. The summed E-state index contributed by atoms with van der Waals surface area (Å²) in [7, 11) is 0. The largest absolute Gasteiger partial charge is 0.312 e. The predicted molar refractivity (Wildman–Crippen MR) is 99.0 cm³/mol. The molecule has 1 aliphatic heterocycles. The molecule has 0 saturated carbocycles. The third kappa shape index (κ3) is 4.21. The Kier molecular flexibility index (Phi) is 5.53. The van der Waals surface area contributed by atoms with E-state index in [4.69, 9.17) is 11.6 Å². The van der Waals surface area contributed by atoms with Gasteiger partial charge in [0, 0.05) is 34.8 Å². The van der Waals surface area contributed by atoms with Crippen LogP contribution < -0.4 is 15.8 Å². The fraction of sp³-hybridized carbons (Fsp3) is 0.211. The minimum absolute atomic E-state index is 0.101. The Bertz CT molecular complexity index is 819. The summed E-state index contributed by atoms with van der Waals surface area (Å²) in [6.07, 6.45) is 2.45. The molecular formula is C19H18ClN3O3. The van der Waals surface area contributed by atoms with Crippen molar-refractivity contribution >= 4 is 35.0 Å². The lowest BCUT2D eigenvalue weighted by atomic mass is 10.1. The number of hydrogen-bond donors (Lipinski definition) is 2. The minimum Gasteiger partial charge on any atom is -0.312 e. The molecule has 2 aromatic carbocycles. The summed E-state index contributed by atoms with van der Waals surface area (Å²) >= 11 is 5.78. The van der Waals surface area contributed by atoms with Crippen molar-refractivity contribution in [3.8, 4) is 0 Å². The van der Waals surface area contributed by atoms with Crippen LogP contribution in [-0.4, -0.2) is 24.3 Å². The number of nitrogens with zero attached hydrogens (tertiary/aromatic N) is 1. The zero-order valence-electron chi connectivity index (χ0n) is 14.0. The Morgan fingerprint density at radius 2 is 1.38 bits per heavy atom. The van der Waals surface area contributed by atoms with Crippen LogP contribution in [0.5, 0.6) is 0 Å². The maximum atomic E-state index is 12.2. The van der Waals surface area contributed by atoms with Gasteiger partial charge in [-0.1, -0.05) is 11.6 Å². The van der Waals surface area contributed by atoms with Crippen molar-refractivity contribution in [3.05, 3.63) is 64.7 Å². The van der Waals surface area contributed by atoms with Crippen LogP contribution in [0.15, 0.2) is 48.5 Å². The third-order valence-corrected chi connectivity index (χ3v) is 4.41. The number of hydrazine groups is 1. The molecule has 0 aromatic heterocycles. The van der Waals surface area contributed by atoms with Crippen LogP contribution in [0, 0.1) is 0 Å². The van der Waals surface area contributed by atoms with Crippen LogP contribution in [0.25, 0.3) is 0 Å². The molecule has 1 saturated heterocycles. The average Bonchev–Trinajstić information content (AvgIpc) is 2.67. The van der Waals surface area contributed by atoms with Crippen molar-refractivity contribution in [2.24, 2.45) is 0 Å². The fourth-order valence-corrected chi connectivity index (χ4v) is 2.86. The van der Waals surface area contributed by atoms with E-state index in [1.807, 2.05) is 0 Å². The maximum absolute atomic E-state index is 12.2. The first kappa shape index (κ1) is 17.9. The van der Waals surface area contributed by atoms with E-state index < -0.39 is 11.8 Å². The molecule has 1 aliphatic rings. The quantitative estimate of drug-likeness (QED) is 0.814. The molecule has 6 nitrogen and oxygen atoms in total. The minimum atomic E-state index is -0.441. The number of piperidine rings is 1. The second-order valence-corrected chi connectivity index (χ2v) is 6.40. The van der Waals surface area contributed by atoms with Crippen LogP contribution in [0.3, 0.4) is 0 Å². The van der Waals surface area contributed by atoms with Gasteiger partial charge in [-0.15, -0.1) is 0 Å². The van der Waals surface area contributed by atoms with E-state index in [1.54, 1.807) is 53.4 Å². The van der Waals surface area contributed by atoms with E-state index in [2.05, 4.69) is 10.9 Å². The normalized spacial score (nSPS) is 14.0. The molecule has 1 fully saturated rings. The molecule has 3 amide bonds. The van der Waals surface area contributed by atoms with Gasteiger partial charge in [-0.2, -0.15) is 0 Å². The highest BCUT2D eigenvalue weighted by atomic mass is 35.5. The number of benzene rings is 2. The first-order chi connectivity index (χ1) is 12.5. The van der Waals surface area contributed by atoms with Gasteiger partial charge in [-0.25, -0.2) is 0 Å². The lowest BCUT2D eigenvalue weighted by Crippen LogP contribution is -2.41. The number of anilines is 1. The van der Waals surface area contributed by atoms with Crippen molar-refractivity contribution in [1.82, 2.24) is 10.9 Å². The van der Waals surface area contributed by atoms with E-state index >= 15 is 0 Å². The number of carbonyl (C=O) groups is 3. The molecule has 1 heterocycles. The SMILES string of the molecule is O=C(NNC(=O)c1ccc(N2CCCCC2=O)cc1)c1ccc(Cl)cc1. The highest BCUT2D eigenvalue weighted by Crippen LogP contribution is 2.21. The van der Waals surface area contributed by atoms with Gasteiger partial charge in [0.1, 0.15) is 0 Å². The van der Waals surface area contributed by atoms with Gasteiger partial charge >= 0.3 is 0 Å². The molecule has 0 unspecified atom stereocenters. The maximum Gasteiger partial charge on any atom is 0.269 e. The Labute approximate surface area is 156 Å². The molecule has 0 radical (unpaired) electrons. The Morgan fingerprint density at radius 3 is 1.92 bits per heavy atom. The molecule has 0 aliphatic carbocycles. The Balaban J connectivity index is 1.58. The summed E-state index contributed by atoms with van der Waals surface area (Å²) in [6, 6.07) is 13.0. The molecule has 134 valence electrons. The standard InChI is InChI=1S/C19H18ClN3O3/c20-15-8-4-13(5-9-15)18(25)21-22-19(26)14-6-10-16(11-7-14)23-12-2-1-3-17(23)24/h4-11H,1-3,12H2,(H,21,25)(H,22,26). The predicted octanol–water partition coefficient (Wildman–Crippen LogP) is 2.93. The summed E-state index contributed by atoms with van der Waals surface area (Å²) in [5, 5.41) is 0.526. The first-order valence-corrected chi connectivity index (χ1v) is 8.69. The molecule has 7 heteroatoms. The van der Waals surface area contributed by atoms with Crippen LogP contribution in [0.4, 0.5) is 5.69 Å². The zero-order valence-corrected chi connectivity index (χ0v) is 14.8. The zero-order chi connectivity index (χ0) is 18.5. The smallest absolute Gasteiger partial charge is 0.269 e. The van der Waals surface area contributed by atoms with Crippen molar-refractivity contribution < 1.29 is 14.4 Å². The summed E-state index contributed by atoms with van der Waals surface area (Å²) < 4.78 is 0. The number of amides is 3. The molecule has 0 spiro atoms. The second kappa shape index (κ2) is 8.01. The third-order valence-electron chi connectivity index (χ3n) is 4.16. The van der Waals surface area contributed by atoms with E-state index in [9.17, 15) is 14.4 Å². The van der Waals surface area contributed by atoms with E-state index in [0.717, 1.165) is 18.5 Å². The number of rotatable bonds is 3. The molecule has 0 atom stereocenters. The van der Waals surface area contributed by atoms with Gasteiger partial charge in [-0.05, 0) is 61.4 Å². The monoisotopic (exact) mass is 371 g/mol. The number of nitrogens with one attached hydrogen (secondary N) is 2. The number of carbonyl (C=O) groups excluding carboxylic acids is 3. The van der Waals surface area contributed by atoms with Gasteiger partial charge in [0.05, 0.1) is 0 Å². The van der Waals surface area contributed by atoms with Gasteiger partial charge < -0.3 is 4.90 Å². The highest BCUT2D eigenvalue weighted by Gasteiger charge is 2.19. The molecule has 3 rings (SSSR count). The Hall–Kier alpha value is -2.86. The summed E-state index contributed by atoms with van der Waals surface area (Å²) in [6.45, 7) is 0.696. The lowest BCUT2D eigenvalue weighted by Gasteiger charge is -2.26. The van der Waals surface area contributed by atoms with E-state index in [0.29, 0.717) is 29.1 Å². The van der Waals surface area contributed by atoms with Gasteiger partial charge in [-0.3, -0.25) is 25.2 Å². The van der Waals surface area contributed by atoms with Crippen molar-refractivity contribution in [2.75, 3.05) is 11.4 Å². The molecule has 26 heavy (non-hydrogen) atoms. The lowest BCUT2D eigenvalue weighted by molar-refractivity contribution is -0.119. The van der Waals surface area contributed by atoms with Crippen molar-refractivity contribution in [1.29, 1.82) is 0 Å². The van der Waals surface area contributed by atoms with Crippen LogP contribution in [0.1, 0.15) is 40.0 Å². The van der Waals surface area contributed by atoms with E-state index in [1.165, 1.54) is 0 Å². The average molecular weight is 372 g/mol. The van der Waals surface area contributed by atoms with Crippen molar-refractivity contribution in [3.63, 3.8) is 0 Å².